The Morgan fingerprint density at radius 3 is 2.80 bits per heavy atom. The van der Waals surface area contributed by atoms with E-state index in [0.29, 0.717) is 0 Å². The lowest BCUT2D eigenvalue weighted by Gasteiger charge is -2.36. The topological polar surface area (TPSA) is 52.0 Å². The highest BCUT2D eigenvalue weighted by molar-refractivity contribution is 5.72. The minimum Gasteiger partial charge on any atom is -0.441 e. The van der Waals surface area contributed by atoms with Gasteiger partial charge in [-0.1, -0.05) is 12.1 Å². The molecule has 3 nitrogen and oxygen atoms in total. The maximum absolute atomic E-state index is 6.16. The second kappa shape index (κ2) is 3.07. The van der Waals surface area contributed by atoms with E-state index in [9.17, 15) is 0 Å². The molecule has 0 saturated heterocycles. The van der Waals surface area contributed by atoms with Crippen molar-refractivity contribution in [2.45, 2.75) is 31.2 Å². The van der Waals surface area contributed by atoms with Crippen LogP contribution in [0.15, 0.2) is 28.7 Å². The van der Waals surface area contributed by atoms with Gasteiger partial charge in [0.1, 0.15) is 5.52 Å². The van der Waals surface area contributed by atoms with Gasteiger partial charge in [-0.3, -0.25) is 0 Å². The molecule has 1 heterocycles. The number of nitrogens with zero attached hydrogens (tertiary/aromatic N) is 1. The van der Waals surface area contributed by atoms with Crippen LogP contribution in [0.3, 0.4) is 0 Å². The Morgan fingerprint density at radius 1 is 1.33 bits per heavy atom. The van der Waals surface area contributed by atoms with Crippen LogP contribution in [0.4, 0.5) is 0 Å². The molecule has 0 aliphatic heterocycles. The van der Waals surface area contributed by atoms with Crippen molar-refractivity contribution in [2.75, 3.05) is 0 Å². The van der Waals surface area contributed by atoms with Gasteiger partial charge < -0.3 is 10.2 Å². The third kappa shape index (κ3) is 1.53. The first-order valence-electron chi connectivity index (χ1n) is 5.39. The quantitative estimate of drug-likeness (QED) is 0.812. The summed E-state index contributed by atoms with van der Waals surface area (Å²) < 4.78 is 5.65. The third-order valence-electron chi connectivity index (χ3n) is 3.19. The van der Waals surface area contributed by atoms with Crippen molar-refractivity contribution in [1.29, 1.82) is 0 Å². The molecule has 0 unspecified atom stereocenters. The zero-order valence-electron chi connectivity index (χ0n) is 8.57. The Morgan fingerprint density at radius 2 is 2.13 bits per heavy atom. The highest BCUT2D eigenvalue weighted by Gasteiger charge is 2.34. The van der Waals surface area contributed by atoms with Crippen molar-refractivity contribution >= 4 is 11.1 Å². The fourth-order valence-electron chi connectivity index (χ4n) is 2.10. The van der Waals surface area contributed by atoms with Crippen molar-refractivity contribution in [1.82, 2.24) is 4.98 Å². The average molecular weight is 202 g/mol. The fourth-order valence-corrected chi connectivity index (χ4v) is 2.10. The van der Waals surface area contributed by atoms with Crippen LogP contribution in [-0.2, 0) is 6.42 Å². The SMILES string of the molecule is NC1(Cc2nc3ccccc3o2)CCC1. The molecule has 3 heteroatoms. The Kier molecular flexibility index (Phi) is 1.83. The molecular formula is C12H14N2O. The van der Waals surface area contributed by atoms with E-state index in [1.807, 2.05) is 24.3 Å². The minimum absolute atomic E-state index is 0.0547. The zero-order valence-corrected chi connectivity index (χ0v) is 8.57. The van der Waals surface area contributed by atoms with E-state index < -0.39 is 0 Å². The number of para-hydroxylation sites is 2. The van der Waals surface area contributed by atoms with Gasteiger partial charge in [-0.2, -0.15) is 0 Å². The van der Waals surface area contributed by atoms with E-state index in [4.69, 9.17) is 10.2 Å². The number of hydrogen-bond acceptors (Lipinski definition) is 3. The van der Waals surface area contributed by atoms with Crippen molar-refractivity contribution in [2.24, 2.45) is 5.73 Å². The van der Waals surface area contributed by atoms with Gasteiger partial charge in [0.15, 0.2) is 11.5 Å². The lowest BCUT2D eigenvalue weighted by Crippen LogP contribution is -2.48. The molecule has 78 valence electrons. The lowest BCUT2D eigenvalue weighted by atomic mass is 9.75. The van der Waals surface area contributed by atoms with Crippen LogP contribution in [-0.4, -0.2) is 10.5 Å². The Bertz CT molecular complexity index is 452. The van der Waals surface area contributed by atoms with Gasteiger partial charge in [0, 0.05) is 12.0 Å². The summed E-state index contributed by atoms with van der Waals surface area (Å²) in [4.78, 5) is 4.43. The smallest absolute Gasteiger partial charge is 0.197 e. The molecule has 0 amide bonds. The predicted octanol–water partition coefficient (Wildman–Crippen LogP) is 2.25. The molecular weight excluding hydrogens is 188 g/mol. The van der Waals surface area contributed by atoms with Gasteiger partial charge in [-0.15, -0.1) is 0 Å². The summed E-state index contributed by atoms with van der Waals surface area (Å²) in [5.41, 5.74) is 7.89. The van der Waals surface area contributed by atoms with Crippen LogP contribution >= 0.6 is 0 Å². The maximum Gasteiger partial charge on any atom is 0.197 e. The molecule has 2 N–H and O–H groups in total. The zero-order chi connectivity index (χ0) is 10.3. The molecule has 1 aliphatic carbocycles. The summed E-state index contributed by atoms with van der Waals surface area (Å²) in [6, 6.07) is 7.83. The second-order valence-electron chi connectivity index (χ2n) is 4.47. The van der Waals surface area contributed by atoms with E-state index >= 15 is 0 Å². The predicted molar refractivity (Wildman–Crippen MR) is 58.5 cm³/mol. The van der Waals surface area contributed by atoms with E-state index in [-0.39, 0.29) is 5.54 Å². The molecule has 0 spiro atoms. The number of nitrogens with two attached hydrogens (primary N) is 1. The summed E-state index contributed by atoms with van der Waals surface area (Å²) in [7, 11) is 0. The van der Waals surface area contributed by atoms with Crippen molar-refractivity contribution in [3.8, 4) is 0 Å². The summed E-state index contributed by atoms with van der Waals surface area (Å²) in [5.74, 6) is 0.776. The summed E-state index contributed by atoms with van der Waals surface area (Å²) in [6.07, 6.45) is 4.18. The Hall–Kier alpha value is -1.35. The van der Waals surface area contributed by atoms with E-state index in [2.05, 4.69) is 4.98 Å². The van der Waals surface area contributed by atoms with Gasteiger partial charge in [-0.05, 0) is 31.4 Å². The number of aromatic nitrogens is 1. The number of hydrogen-bond donors (Lipinski definition) is 1. The van der Waals surface area contributed by atoms with Crippen molar-refractivity contribution < 1.29 is 4.42 Å². The molecule has 15 heavy (non-hydrogen) atoms. The normalized spacial score (nSPS) is 19.0. The van der Waals surface area contributed by atoms with Crippen LogP contribution in [0.5, 0.6) is 0 Å². The molecule has 2 aromatic rings. The lowest BCUT2D eigenvalue weighted by molar-refractivity contribution is 0.232. The molecule has 0 bridgehead atoms. The van der Waals surface area contributed by atoms with Gasteiger partial charge in [-0.25, -0.2) is 4.98 Å². The number of oxazole rings is 1. The minimum atomic E-state index is -0.0547. The van der Waals surface area contributed by atoms with Crippen LogP contribution in [0.1, 0.15) is 25.2 Å². The molecule has 1 saturated carbocycles. The Balaban J connectivity index is 1.91. The average Bonchev–Trinajstić information content (AvgIpc) is 2.57. The molecule has 1 aliphatic rings. The Labute approximate surface area is 88.3 Å². The molecule has 0 atom stereocenters. The largest absolute Gasteiger partial charge is 0.441 e. The highest BCUT2D eigenvalue weighted by Crippen LogP contribution is 2.32. The summed E-state index contributed by atoms with van der Waals surface area (Å²) in [6.45, 7) is 0. The van der Waals surface area contributed by atoms with Crippen molar-refractivity contribution in [3.05, 3.63) is 30.2 Å². The first-order chi connectivity index (χ1) is 7.25. The molecule has 1 aromatic heterocycles. The van der Waals surface area contributed by atoms with Crippen LogP contribution in [0.2, 0.25) is 0 Å². The first kappa shape index (κ1) is 8.92. The monoisotopic (exact) mass is 202 g/mol. The fraction of sp³-hybridized carbons (Fsp3) is 0.417. The van der Waals surface area contributed by atoms with Crippen LogP contribution in [0, 0.1) is 0 Å². The van der Waals surface area contributed by atoms with Gasteiger partial charge in [0.2, 0.25) is 0 Å². The molecule has 1 fully saturated rings. The van der Waals surface area contributed by atoms with E-state index in [0.717, 1.165) is 36.3 Å². The highest BCUT2D eigenvalue weighted by atomic mass is 16.3. The van der Waals surface area contributed by atoms with Gasteiger partial charge >= 0.3 is 0 Å². The summed E-state index contributed by atoms with van der Waals surface area (Å²) >= 11 is 0. The summed E-state index contributed by atoms with van der Waals surface area (Å²) in [5, 5.41) is 0. The van der Waals surface area contributed by atoms with Gasteiger partial charge in [0.05, 0.1) is 0 Å². The third-order valence-corrected chi connectivity index (χ3v) is 3.19. The standard InChI is InChI=1S/C12H14N2O/c13-12(6-3-7-12)8-11-14-9-4-1-2-5-10(9)15-11/h1-2,4-5H,3,6-8,13H2. The molecule has 0 radical (unpaired) electrons. The van der Waals surface area contributed by atoms with E-state index in [1.54, 1.807) is 0 Å². The molecule has 1 aromatic carbocycles. The van der Waals surface area contributed by atoms with E-state index in [1.165, 1.54) is 6.42 Å². The first-order valence-corrected chi connectivity index (χ1v) is 5.39. The molecule has 3 rings (SSSR count). The number of rotatable bonds is 2. The maximum atomic E-state index is 6.16. The number of benzene rings is 1. The van der Waals surface area contributed by atoms with Crippen LogP contribution in [0.25, 0.3) is 11.1 Å². The van der Waals surface area contributed by atoms with Crippen LogP contribution < -0.4 is 5.73 Å². The second-order valence-corrected chi connectivity index (χ2v) is 4.47. The van der Waals surface area contributed by atoms with Crippen molar-refractivity contribution in [3.63, 3.8) is 0 Å². The van der Waals surface area contributed by atoms with Gasteiger partial charge in [0.25, 0.3) is 0 Å². The number of fused-ring (bicyclic) bond motifs is 1.